The molecule has 25 heavy (non-hydrogen) atoms. The Balaban J connectivity index is 0.00000225. The lowest BCUT2D eigenvalue weighted by Gasteiger charge is -2.25. The molecular formula is C18H27BrFIN4. The van der Waals surface area contributed by atoms with Crippen LogP contribution in [0.2, 0.25) is 0 Å². The highest BCUT2D eigenvalue weighted by atomic mass is 127. The zero-order chi connectivity index (χ0) is 16.9. The molecule has 1 unspecified atom stereocenters. The number of guanidine groups is 1. The predicted octanol–water partition coefficient (Wildman–Crippen LogP) is 3.84. The minimum Gasteiger partial charge on any atom is -0.357 e. The van der Waals surface area contributed by atoms with Crippen molar-refractivity contribution in [2.45, 2.75) is 38.8 Å². The minimum absolute atomic E-state index is 0. The van der Waals surface area contributed by atoms with Gasteiger partial charge >= 0.3 is 0 Å². The summed E-state index contributed by atoms with van der Waals surface area (Å²) < 4.78 is 14.7. The fraction of sp³-hybridized carbons (Fsp3) is 0.611. The molecule has 0 amide bonds. The first-order chi connectivity index (χ1) is 11.7. The lowest BCUT2D eigenvalue weighted by atomic mass is 10.2. The largest absolute Gasteiger partial charge is 0.357 e. The summed E-state index contributed by atoms with van der Waals surface area (Å²) in [7, 11) is 0. The Morgan fingerprint density at radius 1 is 1.32 bits per heavy atom. The number of benzene rings is 1. The molecule has 2 heterocycles. The molecular weight excluding hydrogens is 498 g/mol. The summed E-state index contributed by atoms with van der Waals surface area (Å²) in [5.74, 6) is 0.696. The van der Waals surface area contributed by atoms with Crippen LogP contribution < -0.4 is 5.32 Å². The lowest BCUT2D eigenvalue weighted by Crippen LogP contribution is -2.42. The van der Waals surface area contributed by atoms with Gasteiger partial charge in [-0.25, -0.2) is 9.38 Å². The Morgan fingerprint density at radius 3 is 2.76 bits per heavy atom. The van der Waals surface area contributed by atoms with Crippen LogP contribution in [0.15, 0.2) is 27.7 Å². The van der Waals surface area contributed by atoms with Crippen molar-refractivity contribution in [1.82, 2.24) is 15.1 Å². The summed E-state index contributed by atoms with van der Waals surface area (Å²) in [6.07, 6.45) is 3.85. The maximum absolute atomic E-state index is 14.0. The number of hydrogen-bond donors (Lipinski definition) is 1. The third kappa shape index (κ3) is 5.53. The molecule has 2 saturated heterocycles. The maximum atomic E-state index is 14.0. The fourth-order valence-electron chi connectivity index (χ4n) is 3.57. The van der Waals surface area contributed by atoms with Crippen molar-refractivity contribution in [2.75, 3.05) is 32.7 Å². The smallest absolute Gasteiger partial charge is 0.194 e. The normalized spacial score (nSPS) is 21.5. The molecule has 0 aliphatic carbocycles. The topological polar surface area (TPSA) is 30.9 Å². The molecule has 0 saturated carbocycles. The first kappa shape index (κ1) is 20.9. The van der Waals surface area contributed by atoms with Gasteiger partial charge in [-0.3, -0.25) is 4.90 Å². The first-order valence-electron chi connectivity index (χ1n) is 8.88. The molecule has 2 fully saturated rings. The first-order valence-corrected chi connectivity index (χ1v) is 9.68. The van der Waals surface area contributed by atoms with Gasteiger partial charge in [0, 0.05) is 35.7 Å². The number of nitrogens with zero attached hydrogens (tertiary/aromatic N) is 3. The van der Waals surface area contributed by atoms with Crippen molar-refractivity contribution in [2.24, 2.45) is 4.99 Å². The average molecular weight is 525 g/mol. The summed E-state index contributed by atoms with van der Waals surface area (Å²) in [6.45, 7) is 7.78. The minimum atomic E-state index is -0.208. The molecule has 2 aliphatic rings. The van der Waals surface area contributed by atoms with E-state index in [9.17, 15) is 4.39 Å². The predicted molar refractivity (Wildman–Crippen MR) is 115 cm³/mol. The van der Waals surface area contributed by atoms with E-state index in [4.69, 9.17) is 0 Å². The summed E-state index contributed by atoms with van der Waals surface area (Å²) in [4.78, 5) is 9.61. The molecule has 2 aliphatic heterocycles. The molecule has 0 spiro atoms. The van der Waals surface area contributed by atoms with Gasteiger partial charge in [0.05, 0.1) is 6.54 Å². The van der Waals surface area contributed by atoms with Gasteiger partial charge in [-0.1, -0.05) is 22.0 Å². The number of hydrogen-bond acceptors (Lipinski definition) is 2. The molecule has 1 N–H and O–H groups in total. The number of likely N-dealkylation sites (tertiary alicyclic amines) is 2. The van der Waals surface area contributed by atoms with Crippen molar-refractivity contribution in [1.29, 1.82) is 0 Å². The van der Waals surface area contributed by atoms with Crippen molar-refractivity contribution < 1.29 is 4.39 Å². The van der Waals surface area contributed by atoms with Crippen LogP contribution in [0, 0.1) is 5.82 Å². The van der Waals surface area contributed by atoms with Crippen LogP contribution >= 0.6 is 39.9 Å². The summed E-state index contributed by atoms with van der Waals surface area (Å²) in [5.41, 5.74) is 0.629. The Kier molecular flexibility index (Phi) is 8.41. The molecule has 1 aromatic rings. The van der Waals surface area contributed by atoms with Crippen molar-refractivity contribution in [3.05, 3.63) is 34.1 Å². The van der Waals surface area contributed by atoms with E-state index in [2.05, 4.69) is 43.0 Å². The van der Waals surface area contributed by atoms with E-state index in [1.807, 2.05) is 6.07 Å². The van der Waals surface area contributed by atoms with E-state index in [0.29, 0.717) is 18.2 Å². The van der Waals surface area contributed by atoms with Crippen LogP contribution in [0.25, 0.3) is 0 Å². The Labute approximate surface area is 175 Å². The highest BCUT2D eigenvalue weighted by Gasteiger charge is 2.30. The molecule has 3 rings (SSSR count). The standard InChI is InChI=1S/C18H26BrFN4.HI/c1-2-21-18(22-12-14-5-6-15(19)11-17(14)20)24-10-7-16(13-24)23-8-3-4-9-23;/h5-6,11,16H,2-4,7-10,12-13H2,1H3,(H,21,22);1H. The van der Waals surface area contributed by atoms with Crippen LogP contribution in [0.3, 0.4) is 0 Å². The van der Waals surface area contributed by atoms with Crippen LogP contribution in [0.1, 0.15) is 31.7 Å². The summed E-state index contributed by atoms with van der Waals surface area (Å²) in [6, 6.07) is 5.79. The van der Waals surface area contributed by atoms with Crippen LogP contribution in [-0.4, -0.2) is 54.5 Å². The summed E-state index contributed by atoms with van der Waals surface area (Å²) >= 11 is 3.29. The third-order valence-corrected chi connectivity index (χ3v) is 5.36. The second-order valence-corrected chi connectivity index (χ2v) is 7.45. The Morgan fingerprint density at radius 2 is 2.08 bits per heavy atom. The third-order valence-electron chi connectivity index (χ3n) is 4.87. The summed E-state index contributed by atoms with van der Waals surface area (Å²) in [5, 5.41) is 3.36. The van der Waals surface area contributed by atoms with Crippen molar-refractivity contribution in [3.63, 3.8) is 0 Å². The molecule has 0 aromatic heterocycles. The van der Waals surface area contributed by atoms with Crippen LogP contribution in [-0.2, 0) is 6.54 Å². The number of nitrogens with one attached hydrogen (secondary N) is 1. The maximum Gasteiger partial charge on any atom is 0.194 e. The second kappa shape index (κ2) is 10.1. The van der Waals surface area contributed by atoms with Gasteiger partial charge in [0.1, 0.15) is 5.82 Å². The Hall–Kier alpha value is -0.410. The number of aliphatic imine (C=N–C) groups is 1. The highest BCUT2D eigenvalue weighted by molar-refractivity contribution is 14.0. The van der Waals surface area contributed by atoms with Gasteiger partial charge in [-0.15, -0.1) is 24.0 Å². The second-order valence-electron chi connectivity index (χ2n) is 6.54. The SMILES string of the molecule is CCNC(=NCc1ccc(Br)cc1F)N1CCC(N2CCCC2)C1.I. The fourth-order valence-corrected chi connectivity index (χ4v) is 3.91. The van der Waals surface area contributed by atoms with E-state index in [1.165, 1.54) is 38.4 Å². The number of halogens is 3. The van der Waals surface area contributed by atoms with E-state index in [1.54, 1.807) is 6.07 Å². The van der Waals surface area contributed by atoms with E-state index < -0.39 is 0 Å². The quantitative estimate of drug-likeness (QED) is 0.369. The monoisotopic (exact) mass is 524 g/mol. The van der Waals surface area contributed by atoms with Crippen LogP contribution in [0.4, 0.5) is 4.39 Å². The van der Waals surface area contributed by atoms with Gasteiger partial charge < -0.3 is 10.2 Å². The number of rotatable bonds is 4. The van der Waals surface area contributed by atoms with Gasteiger partial charge in [-0.05, 0) is 51.4 Å². The van der Waals surface area contributed by atoms with E-state index in [0.717, 1.165) is 30.1 Å². The molecule has 140 valence electrons. The Bertz CT molecular complexity index is 592. The van der Waals surface area contributed by atoms with Gasteiger partial charge in [0.25, 0.3) is 0 Å². The van der Waals surface area contributed by atoms with Crippen molar-refractivity contribution >= 4 is 45.9 Å². The average Bonchev–Trinajstić information content (AvgIpc) is 3.24. The zero-order valence-electron chi connectivity index (χ0n) is 14.7. The molecule has 1 aromatic carbocycles. The van der Waals surface area contributed by atoms with Gasteiger partial charge in [-0.2, -0.15) is 0 Å². The van der Waals surface area contributed by atoms with Crippen molar-refractivity contribution in [3.8, 4) is 0 Å². The van der Waals surface area contributed by atoms with Gasteiger partial charge in [0.2, 0.25) is 0 Å². The molecule has 0 radical (unpaired) electrons. The van der Waals surface area contributed by atoms with Crippen LogP contribution in [0.5, 0.6) is 0 Å². The molecule has 4 nitrogen and oxygen atoms in total. The van der Waals surface area contributed by atoms with E-state index >= 15 is 0 Å². The molecule has 7 heteroatoms. The van der Waals surface area contributed by atoms with Gasteiger partial charge in [0.15, 0.2) is 5.96 Å². The highest BCUT2D eigenvalue weighted by Crippen LogP contribution is 2.21. The lowest BCUT2D eigenvalue weighted by molar-refractivity contribution is 0.249. The zero-order valence-corrected chi connectivity index (χ0v) is 18.6. The molecule has 0 bridgehead atoms. The van der Waals surface area contributed by atoms with E-state index in [-0.39, 0.29) is 29.8 Å². The molecule has 1 atom stereocenters.